The van der Waals surface area contributed by atoms with E-state index in [0.29, 0.717) is 5.41 Å². The van der Waals surface area contributed by atoms with E-state index in [1.165, 1.54) is 29.4 Å². The number of nitrogens with one attached hydrogen (secondary N) is 1. The molecule has 0 unspecified atom stereocenters. The van der Waals surface area contributed by atoms with Crippen LogP contribution in [0.5, 0.6) is 0 Å². The molecule has 4 rings (SSSR count). The Hall–Kier alpha value is -1.35. The summed E-state index contributed by atoms with van der Waals surface area (Å²) in [6, 6.07) is 6.83. The van der Waals surface area contributed by atoms with E-state index in [-0.39, 0.29) is 0 Å². The quantitative estimate of drug-likeness (QED) is 0.776. The SMILES string of the molecule is Cn1ncc2cc([C@@]34CNC[C@@H]3C4)ccc21. The second kappa shape index (κ2) is 2.66. The Bertz CT molecular complexity index is 572. The molecular formula is C13H15N3. The highest BCUT2D eigenvalue weighted by atomic mass is 15.2. The fourth-order valence-corrected chi connectivity index (χ4v) is 3.26. The second-order valence-electron chi connectivity index (χ2n) is 5.23. The number of aromatic nitrogens is 2. The Morgan fingerprint density at radius 2 is 2.44 bits per heavy atom. The number of hydrogen-bond donors (Lipinski definition) is 1. The van der Waals surface area contributed by atoms with Crippen LogP contribution in [0.1, 0.15) is 12.0 Å². The Morgan fingerprint density at radius 1 is 1.50 bits per heavy atom. The molecule has 3 nitrogen and oxygen atoms in total. The fraction of sp³-hybridized carbons (Fsp3) is 0.462. The van der Waals surface area contributed by atoms with Crippen LogP contribution < -0.4 is 5.32 Å². The predicted molar refractivity (Wildman–Crippen MR) is 63.4 cm³/mol. The van der Waals surface area contributed by atoms with Crippen molar-refractivity contribution in [3.63, 3.8) is 0 Å². The lowest BCUT2D eigenvalue weighted by molar-refractivity contribution is 0.676. The molecule has 1 saturated carbocycles. The van der Waals surface area contributed by atoms with Gasteiger partial charge < -0.3 is 5.32 Å². The first-order valence-corrected chi connectivity index (χ1v) is 5.93. The third-order valence-corrected chi connectivity index (χ3v) is 4.38. The number of fused-ring (bicyclic) bond motifs is 2. The number of rotatable bonds is 1. The summed E-state index contributed by atoms with van der Waals surface area (Å²) in [7, 11) is 2.00. The van der Waals surface area contributed by atoms with Gasteiger partial charge >= 0.3 is 0 Å². The van der Waals surface area contributed by atoms with E-state index in [0.717, 1.165) is 12.5 Å². The van der Waals surface area contributed by atoms with E-state index in [1.807, 2.05) is 17.9 Å². The topological polar surface area (TPSA) is 29.9 Å². The van der Waals surface area contributed by atoms with Crippen LogP contribution in [0.3, 0.4) is 0 Å². The molecule has 0 radical (unpaired) electrons. The van der Waals surface area contributed by atoms with Gasteiger partial charge in [0.25, 0.3) is 0 Å². The third kappa shape index (κ3) is 0.944. The molecule has 2 atom stereocenters. The van der Waals surface area contributed by atoms with Crippen LogP contribution in [0.15, 0.2) is 24.4 Å². The van der Waals surface area contributed by atoms with E-state index in [4.69, 9.17) is 0 Å². The van der Waals surface area contributed by atoms with Gasteiger partial charge in [0, 0.05) is 24.4 Å². The van der Waals surface area contributed by atoms with Gasteiger partial charge in [-0.25, -0.2) is 0 Å². The maximum Gasteiger partial charge on any atom is 0.0679 e. The fourth-order valence-electron chi connectivity index (χ4n) is 3.26. The molecule has 1 aromatic carbocycles. The summed E-state index contributed by atoms with van der Waals surface area (Å²) in [5.74, 6) is 0.877. The summed E-state index contributed by atoms with van der Waals surface area (Å²) in [5, 5.41) is 9.06. The Morgan fingerprint density at radius 3 is 3.19 bits per heavy atom. The zero-order valence-electron chi connectivity index (χ0n) is 9.40. The van der Waals surface area contributed by atoms with Gasteiger partial charge in [-0.2, -0.15) is 5.10 Å². The van der Waals surface area contributed by atoms with Crippen molar-refractivity contribution in [3.05, 3.63) is 30.0 Å². The van der Waals surface area contributed by atoms with Crippen LogP contribution in [0.25, 0.3) is 10.9 Å². The highest BCUT2D eigenvalue weighted by Crippen LogP contribution is 2.56. The van der Waals surface area contributed by atoms with E-state index in [9.17, 15) is 0 Å². The average Bonchev–Trinajstić information content (AvgIpc) is 2.69. The molecule has 16 heavy (non-hydrogen) atoms. The summed E-state index contributed by atoms with van der Waals surface area (Å²) in [5.41, 5.74) is 3.19. The molecule has 2 aliphatic rings. The highest BCUT2D eigenvalue weighted by Gasteiger charge is 2.57. The minimum absolute atomic E-state index is 0.462. The third-order valence-electron chi connectivity index (χ3n) is 4.38. The van der Waals surface area contributed by atoms with Crippen LogP contribution in [0.2, 0.25) is 0 Å². The van der Waals surface area contributed by atoms with E-state index in [2.05, 4.69) is 28.6 Å². The molecule has 1 saturated heterocycles. The van der Waals surface area contributed by atoms with Gasteiger partial charge in [-0.3, -0.25) is 4.68 Å². The largest absolute Gasteiger partial charge is 0.316 e. The zero-order valence-corrected chi connectivity index (χ0v) is 9.40. The minimum atomic E-state index is 0.462. The summed E-state index contributed by atoms with van der Waals surface area (Å²) in [6.45, 7) is 2.36. The predicted octanol–water partition coefficient (Wildman–Crippen LogP) is 1.43. The summed E-state index contributed by atoms with van der Waals surface area (Å²) in [4.78, 5) is 0. The van der Waals surface area contributed by atoms with Crippen molar-refractivity contribution in [1.82, 2.24) is 15.1 Å². The molecule has 3 heteroatoms. The number of nitrogens with zero attached hydrogens (tertiary/aromatic N) is 2. The van der Waals surface area contributed by atoms with Gasteiger partial charge in [0.15, 0.2) is 0 Å². The van der Waals surface area contributed by atoms with Crippen LogP contribution in [0, 0.1) is 5.92 Å². The van der Waals surface area contributed by atoms with Gasteiger partial charge in [0.2, 0.25) is 0 Å². The first-order chi connectivity index (χ1) is 7.79. The van der Waals surface area contributed by atoms with E-state index >= 15 is 0 Å². The molecule has 1 aromatic heterocycles. The van der Waals surface area contributed by atoms with Gasteiger partial charge in [-0.05, 0) is 36.6 Å². The molecule has 0 spiro atoms. The molecule has 2 aromatic rings. The smallest absolute Gasteiger partial charge is 0.0679 e. The van der Waals surface area contributed by atoms with Crippen molar-refractivity contribution in [1.29, 1.82) is 0 Å². The maximum atomic E-state index is 4.30. The lowest BCUT2D eigenvalue weighted by atomic mass is 9.94. The molecule has 1 N–H and O–H groups in total. The number of aryl methyl sites for hydroxylation is 1. The Kier molecular flexibility index (Phi) is 1.46. The lowest BCUT2D eigenvalue weighted by Crippen LogP contribution is -2.19. The van der Waals surface area contributed by atoms with E-state index < -0.39 is 0 Å². The summed E-state index contributed by atoms with van der Waals surface area (Å²) >= 11 is 0. The number of hydrogen-bond acceptors (Lipinski definition) is 2. The van der Waals surface area contributed by atoms with Gasteiger partial charge in [-0.1, -0.05) is 6.07 Å². The van der Waals surface area contributed by atoms with Crippen LogP contribution in [-0.2, 0) is 12.5 Å². The van der Waals surface area contributed by atoms with Crippen molar-refractivity contribution < 1.29 is 0 Å². The molecule has 1 aliphatic heterocycles. The maximum absolute atomic E-state index is 4.30. The van der Waals surface area contributed by atoms with Crippen molar-refractivity contribution >= 4 is 10.9 Å². The van der Waals surface area contributed by atoms with Crippen molar-refractivity contribution in [2.45, 2.75) is 11.8 Å². The van der Waals surface area contributed by atoms with E-state index in [1.54, 1.807) is 0 Å². The number of piperidine rings is 1. The van der Waals surface area contributed by atoms with Gasteiger partial charge in [0.05, 0.1) is 11.7 Å². The summed E-state index contributed by atoms with van der Waals surface area (Å²) < 4.78 is 1.94. The standard InChI is InChI=1S/C13H15N3/c1-16-12-3-2-10(4-9(12)6-15-16)13-5-11(13)7-14-8-13/h2-4,6,11,14H,5,7-8H2,1H3/t11-,13+/m0/s1. The van der Waals surface area contributed by atoms with Gasteiger partial charge in [-0.15, -0.1) is 0 Å². The normalized spacial score (nSPS) is 31.9. The van der Waals surface area contributed by atoms with Crippen molar-refractivity contribution in [2.75, 3.05) is 13.1 Å². The molecule has 2 heterocycles. The first-order valence-electron chi connectivity index (χ1n) is 5.93. The molecule has 0 bridgehead atoms. The second-order valence-corrected chi connectivity index (χ2v) is 5.23. The molecule has 1 aliphatic carbocycles. The molecule has 82 valence electrons. The number of benzene rings is 1. The van der Waals surface area contributed by atoms with Crippen LogP contribution in [-0.4, -0.2) is 22.9 Å². The van der Waals surface area contributed by atoms with Crippen molar-refractivity contribution in [2.24, 2.45) is 13.0 Å². The van der Waals surface area contributed by atoms with Crippen LogP contribution in [0.4, 0.5) is 0 Å². The first kappa shape index (κ1) is 8.76. The lowest BCUT2D eigenvalue weighted by Gasteiger charge is -2.12. The Balaban J connectivity index is 1.87. The van der Waals surface area contributed by atoms with Crippen molar-refractivity contribution in [3.8, 4) is 0 Å². The zero-order chi connectivity index (χ0) is 10.8. The molecule has 0 amide bonds. The summed E-state index contributed by atoms with van der Waals surface area (Å²) in [6.07, 6.45) is 3.33. The monoisotopic (exact) mass is 213 g/mol. The van der Waals surface area contributed by atoms with Gasteiger partial charge in [0.1, 0.15) is 0 Å². The molecule has 2 fully saturated rings. The molecular weight excluding hydrogens is 198 g/mol. The minimum Gasteiger partial charge on any atom is -0.316 e. The Labute approximate surface area is 94.4 Å². The van der Waals surface area contributed by atoms with Crippen LogP contribution >= 0.6 is 0 Å². The average molecular weight is 213 g/mol. The highest BCUT2D eigenvalue weighted by molar-refractivity contribution is 5.79.